The number of hydrogen-bond donors (Lipinski definition) is 0. The number of ether oxygens (including phenoxy) is 1. The number of hydrogen-bond acceptors (Lipinski definition) is 6. The molecule has 0 bridgehead atoms. The van der Waals surface area contributed by atoms with Crippen LogP contribution in [0, 0.1) is 0 Å². The van der Waals surface area contributed by atoms with Crippen LogP contribution in [0.4, 0.5) is 0 Å². The Morgan fingerprint density at radius 3 is 2.47 bits per heavy atom. The first kappa shape index (κ1) is 19.8. The van der Waals surface area contributed by atoms with Crippen LogP contribution in [0.2, 0.25) is 5.02 Å². The fourth-order valence-electron chi connectivity index (χ4n) is 3.46. The van der Waals surface area contributed by atoms with E-state index in [0.29, 0.717) is 21.6 Å². The maximum Gasteiger partial charge on any atom is 0.344 e. The summed E-state index contributed by atoms with van der Waals surface area (Å²) in [4.78, 5) is 37.2. The number of para-hydroxylation sites is 1. The van der Waals surface area contributed by atoms with Crippen LogP contribution in [0.15, 0.2) is 97.3 Å². The van der Waals surface area contributed by atoms with Gasteiger partial charge in [-0.2, -0.15) is 0 Å². The largest absolute Gasteiger partial charge is 0.423 e. The molecular formula is C25H13ClO6. The molecule has 0 aliphatic heterocycles. The highest BCUT2D eigenvalue weighted by Crippen LogP contribution is 2.30. The van der Waals surface area contributed by atoms with Crippen LogP contribution < -0.4 is 16.0 Å². The fraction of sp³-hybridized carbons (Fsp3) is 0. The van der Waals surface area contributed by atoms with Gasteiger partial charge in [-0.05, 0) is 42.5 Å². The van der Waals surface area contributed by atoms with Crippen molar-refractivity contribution in [2.24, 2.45) is 0 Å². The van der Waals surface area contributed by atoms with Crippen molar-refractivity contribution >= 4 is 39.5 Å². The molecule has 0 aliphatic carbocycles. The topological polar surface area (TPSA) is 86.7 Å². The van der Waals surface area contributed by atoms with Crippen LogP contribution in [0.1, 0.15) is 10.4 Å². The van der Waals surface area contributed by atoms with E-state index < -0.39 is 17.2 Å². The van der Waals surface area contributed by atoms with Crippen molar-refractivity contribution in [3.63, 3.8) is 0 Å². The Morgan fingerprint density at radius 1 is 0.781 bits per heavy atom. The highest BCUT2D eigenvalue weighted by molar-refractivity contribution is 6.30. The lowest BCUT2D eigenvalue weighted by Crippen LogP contribution is -2.09. The second kappa shape index (κ2) is 7.83. The molecule has 156 valence electrons. The average Bonchev–Trinajstić information content (AvgIpc) is 2.78. The van der Waals surface area contributed by atoms with Gasteiger partial charge >= 0.3 is 17.2 Å². The summed E-state index contributed by atoms with van der Waals surface area (Å²) in [5.74, 6) is -0.436. The molecule has 0 unspecified atom stereocenters. The lowest BCUT2D eigenvalue weighted by molar-refractivity contribution is 0.0735. The summed E-state index contributed by atoms with van der Waals surface area (Å²) in [6, 6.07) is 20.9. The third-order valence-electron chi connectivity index (χ3n) is 4.92. The molecular weight excluding hydrogens is 432 g/mol. The summed E-state index contributed by atoms with van der Waals surface area (Å²) in [7, 11) is 0. The SMILES string of the molecule is O=C(Oc1ccc2c(-c3cc4ccccc4oc3=O)cc(=O)oc2c1)c1cccc(Cl)c1. The molecule has 32 heavy (non-hydrogen) atoms. The van der Waals surface area contributed by atoms with Gasteiger partial charge in [0.25, 0.3) is 0 Å². The van der Waals surface area contributed by atoms with Gasteiger partial charge in [-0.1, -0.05) is 35.9 Å². The number of esters is 1. The van der Waals surface area contributed by atoms with Crippen LogP contribution in [-0.4, -0.2) is 5.97 Å². The van der Waals surface area contributed by atoms with Crippen molar-refractivity contribution in [1.82, 2.24) is 0 Å². The quantitative estimate of drug-likeness (QED) is 0.209. The number of benzene rings is 3. The number of rotatable bonds is 3. The van der Waals surface area contributed by atoms with Crippen LogP contribution in [-0.2, 0) is 0 Å². The standard InChI is InChI=1S/C25H13ClO6/c26-16-6-3-5-15(10-16)24(28)30-17-8-9-18-19(13-23(27)31-22(18)12-17)20-11-14-4-1-2-7-21(14)32-25(20)29/h1-13H. The molecule has 2 heterocycles. The smallest absolute Gasteiger partial charge is 0.344 e. The first-order valence-electron chi connectivity index (χ1n) is 9.57. The van der Waals surface area contributed by atoms with E-state index >= 15 is 0 Å². The molecule has 0 atom stereocenters. The highest BCUT2D eigenvalue weighted by atomic mass is 35.5. The zero-order chi connectivity index (χ0) is 22.2. The zero-order valence-electron chi connectivity index (χ0n) is 16.3. The summed E-state index contributed by atoms with van der Waals surface area (Å²) < 4.78 is 16.1. The van der Waals surface area contributed by atoms with Gasteiger partial charge in [0, 0.05) is 33.5 Å². The van der Waals surface area contributed by atoms with E-state index in [4.69, 9.17) is 25.2 Å². The van der Waals surface area contributed by atoms with E-state index in [9.17, 15) is 14.4 Å². The molecule has 3 aromatic carbocycles. The first-order chi connectivity index (χ1) is 15.5. The Balaban J connectivity index is 1.59. The molecule has 0 spiro atoms. The van der Waals surface area contributed by atoms with E-state index in [1.807, 2.05) is 12.1 Å². The molecule has 0 radical (unpaired) electrons. The van der Waals surface area contributed by atoms with E-state index in [0.717, 1.165) is 5.39 Å². The number of halogens is 1. The fourth-order valence-corrected chi connectivity index (χ4v) is 3.65. The van der Waals surface area contributed by atoms with Crippen molar-refractivity contribution in [2.75, 3.05) is 0 Å². The van der Waals surface area contributed by atoms with Crippen LogP contribution in [0.25, 0.3) is 33.1 Å². The Kier molecular flexibility index (Phi) is 4.84. The summed E-state index contributed by atoms with van der Waals surface area (Å²) >= 11 is 5.92. The molecule has 0 saturated carbocycles. The molecule has 0 amide bonds. The van der Waals surface area contributed by atoms with Gasteiger partial charge in [0.05, 0.1) is 11.1 Å². The van der Waals surface area contributed by atoms with Gasteiger partial charge in [0.2, 0.25) is 0 Å². The predicted molar refractivity (Wildman–Crippen MR) is 120 cm³/mol. The molecule has 7 heteroatoms. The summed E-state index contributed by atoms with van der Waals surface area (Å²) in [5, 5.41) is 1.62. The maximum atomic E-state index is 12.6. The number of fused-ring (bicyclic) bond motifs is 2. The van der Waals surface area contributed by atoms with Crippen LogP contribution in [0.3, 0.4) is 0 Å². The van der Waals surface area contributed by atoms with Gasteiger partial charge in [-0.25, -0.2) is 14.4 Å². The minimum absolute atomic E-state index is 0.163. The van der Waals surface area contributed by atoms with Gasteiger partial charge in [-0.3, -0.25) is 0 Å². The van der Waals surface area contributed by atoms with Crippen LogP contribution >= 0.6 is 11.6 Å². The van der Waals surface area contributed by atoms with E-state index in [-0.39, 0.29) is 22.5 Å². The molecule has 0 aliphatic rings. The monoisotopic (exact) mass is 444 g/mol. The van der Waals surface area contributed by atoms with Gasteiger partial charge in [-0.15, -0.1) is 0 Å². The number of carbonyl (C=O) groups excluding carboxylic acids is 1. The molecule has 0 fully saturated rings. The van der Waals surface area contributed by atoms with Crippen molar-refractivity contribution in [2.45, 2.75) is 0 Å². The predicted octanol–water partition coefficient (Wildman–Crippen LogP) is 5.44. The van der Waals surface area contributed by atoms with Crippen molar-refractivity contribution in [3.05, 3.63) is 110 Å². The average molecular weight is 445 g/mol. The minimum atomic E-state index is -0.654. The summed E-state index contributed by atoms with van der Waals surface area (Å²) in [5.41, 5.74) is 0.251. The van der Waals surface area contributed by atoms with E-state index in [1.54, 1.807) is 48.5 Å². The third-order valence-corrected chi connectivity index (χ3v) is 5.15. The lowest BCUT2D eigenvalue weighted by Gasteiger charge is -2.08. The molecule has 5 rings (SSSR count). The maximum absolute atomic E-state index is 12.6. The zero-order valence-corrected chi connectivity index (χ0v) is 17.1. The van der Waals surface area contributed by atoms with E-state index in [1.165, 1.54) is 18.2 Å². The molecule has 0 N–H and O–H groups in total. The molecule has 5 aromatic rings. The highest BCUT2D eigenvalue weighted by Gasteiger charge is 2.15. The lowest BCUT2D eigenvalue weighted by atomic mass is 10.0. The van der Waals surface area contributed by atoms with Gasteiger partial charge in [0.15, 0.2) is 0 Å². The minimum Gasteiger partial charge on any atom is -0.423 e. The first-order valence-corrected chi connectivity index (χ1v) is 9.95. The second-order valence-corrected chi connectivity index (χ2v) is 7.46. The molecule has 0 saturated heterocycles. The van der Waals surface area contributed by atoms with E-state index in [2.05, 4.69) is 0 Å². The Morgan fingerprint density at radius 2 is 1.62 bits per heavy atom. The summed E-state index contributed by atoms with van der Waals surface area (Å²) in [6.45, 7) is 0. The summed E-state index contributed by atoms with van der Waals surface area (Å²) in [6.07, 6.45) is 0. The second-order valence-electron chi connectivity index (χ2n) is 7.02. The molecule has 6 nitrogen and oxygen atoms in total. The van der Waals surface area contributed by atoms with Crippen molar-refractivity contribution in [1.29, 1.82) is 0 Å². The number of carbonyl (C=O) groups is 1. The Labute approximate surface area is 185 Å². The van der Waals surface area contributed by atoms with Crippen LogP contribution in [0.5, 0.6) is 5.75 Å². The van der Waals surface area contributed by atoms with Gasteiger partial charge < -0.3 is 13.6 Å². The Bertz CT molecular complexity index is 1630. The molecule has 2 aromatic heterocycles. The van der Waals surface area contributed by atoms with Gasteiger partial charge in [0.1, 0.15) is 16.9 Å². The van der Waals surface area contributed by atoms with Crippen molar-refractivity contribution in [3.8, 4) is 16.9 Å². The third kappa shape index (κ3) is 3.68. The normalized spacial score (nSPS) is 11.0. The van der Waals surface area contributed by atoms with Crippen molar-refractivity contribution < 1.29 is 18.4 Å². The Hall–Kier alpha value is -4.16.